The van der Waals surface area contributed by atoms with Crippen LogP contribution in [0, 0.1) is 29.1 Å². The smallest absolute Gasteiger partial charge is 0.281 e. The maximum Gasteiger partial charge on any atom is 0.403 e. The average Bonchev–Trinajstić information content (AvgIpc) is 2.53. The number of halogens is 8. The first-order chi connectivity index (χ1) is 12.3. The van der Waals surface area contributed by atoms with E-state index in [0.29, 0.717) is 0 Å². The van der Waals surface area contributed by atoms with Crippen LogP contribution in [-0.2, 0) is 9.59 Å². The molecule has 2 aliphatic rings. The van der Waals surface area contributed by atoms with Crippen molar-refractivity contribution in [1.29, 1.82) is 0 Å². The molecule has 0 aliphatic heterocycles. The molecule has 0 aromatic carbocycles. The van der Waals surface area contributed by atoms with Gasteiger partial charge in [-0.25, -0.2) is 0 Å². The normalized spacial score (nSPS) is 30.8. The second-order valence-corrected chi connectivity index (χ2v) is 8.31. The molecule has 2 rings (SSSR count). The molecule has 0 bridgehead atoms. The molecule has 0 radical (unpaired) electrons. The highest BCUT2D eigenvalue weighted by Gasteiger charge is 2.76. The Labute approximate surface area is 162 Å². The van der Waals surface area contributed by atoms with Crippen LogP contribution < -0.4 is 0 Å². The molecule has 0 heterocycles. The summed E-state index contributed by atoms with van der Waals surface area (Å²) in [4.78, 5) is 22.5. The lowest BCUT2D eigenvalue weighted by molar-refractivity contribution is -0.382. The van der Waals surface area contributed by atoms with E-state index in [9.17, 15) is 35.9 Å². The van der Waals surface area contributed by atoms with E-state index in [1.807, 2.05) is 0 Å². The van der Waals surface area contributed by atoms with Gasteiger partial charge in [0, 0.05) is 11.8 Å². The molecule has 156 valence electrons. The first-order valence-corrected chi connectivity index (χ1v) is 9.60. The molecule has 0 amide bonds. The second kappa shape index (κ2) is 8.09. The van der Waals surface area contributed by atoms with Crippen LogP contribution in [0.5, 0.6) is 0 Å². The van der Waals surface area contributed by atoms with E-state index in [0.717, 1.165) is 0 Å². The highest BCUT2D eigenvalue weighted by atomic mass is 35.5. The van der Waals surface area contributed by atoms with Gasteiger partial charge in [0.2, 0.25) is 10.5 Å². The summed E-state index contributed by atoms with van der Waals surface area (Å²) in [6.45, 7) is 0. The molecule has 0 saturated heterocycles. The van der Waals surface area contributed by atoms with Crippen LogP contribution in [0.2, 0.25) is 0 Å². The fourth-order valence-electron chi connectivity index (χ4n) is 4.97. The van der Waals surface area contributed by atoms with Crippen molar-refractivity contribution in [3.8, 4) is 0 Å². The summed E-state index contributed by atoms with van der Waals surface area (Å²) < 4.78 is 84.3. The van der Waals surface area contributed by atoms with E-state index in [2.05, 4.69) is 0 Å². The molecule has 0 spiro atoms. The number of hydrogen-bond donors (Lipinski definition) is 0. The fraction of sp³-hybridized carbons (Fsp3) is 0.882. The van der Waals surface area contributed by atoms with Crippen molar-refractivity contribution >= 4 is 33.7 Å². The molecule has 2 saturated carbocycles. The molecule has 2 fully saturated rings. The number of hydrogen-bond acceptors (Lipinski definition) is 2. The quantitative estimate of drug-likeness (QED) is 0.382. The maximum absolute atomic E-state index is 14.0. The third-order valence-electron chi connectivity index (χ3n) is 6.32. The third-order valence-corrected chi connectivity index (χ3v) is 6.94. The zero-order chi connectivity index (χ0) is 20.6. The van der Waals surface area contributed by atoms with Crippen LogP contribution in [0.3, 0.4) is 0 Å². The Bertz CT molecular complexity index is 509. The minimum atomic E-state index is -5.49. The fourth-order valence-corrected chi connectivity index (χ4v) is 5.41. The molecule has 0 atom stereocenters. The summed E-state index contributed by atoms with van der Waals surface area (Å²) in [7, 11) is 0. The van der Waals surface area contributed by atoms with E-state index in [4.69, 9.17) is 23.2 Å². The van der Waals surface area contributed by atoms with Crippen LogP contribution >= 0.6 is 23.2 Å². The molecule has 27 heavy (non-hydrogen) atoms. The van der Waals surface area contributed by atoms with Crippen LogP contribution in [0.15, 0.2) is 0 Å². The monoisotopic (exact) mass is 440 g/mol. The highest BCUT2D eigenvalue weighted by Crippen LogP contribution is 2.65. The van der Waals surface area contributed by atoms with Gasteiger partial charge in [-0.3, -0.25) is 9.59 Å². The summed E-state index contributed by atoms with van der Waals surface area (Å²) in [5.41, 5.74) is -3.85. The summed E-state index contributed by atoms with van der Waals surface area (Å²) >= 11 is 10.7. The summed E-state index contributed by atoms with van der Waals surface area (Å²) in [6.07, 6.45) is -12.8. The van der Waals surface area contributed by atoms with E-state index in [1.54, 1.807) is 0 Å². The van der Waals surface area contributed by atoms with E-state index >= 15 is 0 Å². The Kier molecular flexibility index (Phi) is 6.83. The molecule has 0 aromatic heterocycles. The van der Waals surface area contributed by atoms with Crippen molar-refractivity contribution in [3.63, 3.8) is 0 Å². The number of carbonyl (C=O) groups excluding carboxylic acids is 2. The van der Waals surface area contributed by atoms with Gasteiger partial charge in [-0.05, 0) is 86.4 Å². The summed E-state index contributed by atoms with van der Waals surface area (Å²) in [6, 6.07) is 0. The number of carbonyl (C=O) groups is 2. The van der Waals surface area contributed by atoms with Crippen LogP contribution in [-0.4, -0.2) is 22.8 Å². The van der Waals surface area contributed by atoms with Crippen molar-refractivity contribution in [2.75, 3.05) is 0 Å². The summed E-state index contributed by atoms with van der Waals surface area (Å²) in [5, 5.41) is -1.45. The lowest BCUT2D eigenvalue weighted by atomic mass is 9.56. The van der Waals surface area contributed by atoms with Crippen molar-refractivity contribution in [3.05, 3.63) is 0 Å². The van der Waals surface area contributed by atoms with Crippen molar-refractivity contribution < 1.29 is 35.9 Å². The lowest BCUT2D eigenvalue weighted by Crippen LogP contribution is -2.60. The predicted octanol–water partition coefficient (Wildman–Crippen LogP) is 6.24. The van der Waals surface area contributed by atoms with Gasteiger partial charge in [-0.2, -0.15) is 26.3 Å². The first kappa shape index (κ1) is 22.8. The molecule has 0 N–H and O–H groups in total. The van der Waals surface area contributed by atoms with Gasteiger partial charge >= 0.3 is 12.4 Å². The zero-order valence-electron chi connectivity index (χ0n) is 14.3. The van der Waals surface area contributed by atoms with Crippen LogP contribution in [0.1, 0.15) is 51.4 Å². The summed E-state index contributed by atoms with van der Waals surface area (Å²) in [5.74, 6) is -4.74. The van der Waals surface area contributed by atoms with E-state index in [1.165, 1.54) is 0 Å². The van der Waals surface area contributed by atoms with Gasteiger partial charge in [-0.1, -0.05) is 0 Å². The molecule has 2 nitrogen and oxygen atoms in total. The molecule has 0 unspecified atom stereocenters. The number of alkyl halides is 6. The van der Waals surface area contributed by atoms with Gasteiger partial charge < -0.3 is 0 Å². The van der Waals surface area contributed by atoms with Crippen molar-refractivity contribution in [1.82, 2.24) is 0 Å². The topological polar surface area (TPSA) is 34.1 Å². The lowest BCUT2D eigenvalue weighted by Gasteiger charge is -2.51. The standard InChI is InChI=1S/C17H20Cl2F6O2/c18-13(26)9-1-5-11(6-2-9)15(16(20,21)22,17(23,24)25)12-7-3-10(4-8-12)14(19)27/h9-12H,1-8H2. The maximum atomic E-state index is 14.0. The third kappa shape index (κ3) is 4.26. The Morgan fingerprint density at radius 1 is 0.593 bits per heavy atom. The van der Waals surface area contributed by atoms with Crippen molar-refractivity contribution in [2.45, 2.75) is 63.7 Å². The van der Waals surface area contributed by atoms with Gasteiger partial charge in [0.1, 0.15) is 0 Å². The molecule has 10 heteroatoms. The van der Waals surface area contributed by atoms with Gasteiger partial charge in [0.25, 0.3) is 0 Å². The zero-order valence-corrected chi connectivity index (χ0v) is 15.8. The second-order valence-electron chi connectivity index (χ2n) is 7.57. The van der Waals surface area contributed by atoms with Crippen LogP contribution in [0.4, 0.5) is 26.3 Å². The Morgan fingerprint density at radius 2 is 0.852 bits per heavy atom. The van der Waals surface area contributed by atoms with Gasteiger partial charge in [0.05, 0.1) is 0 Å². The SMILES string of the molecule is O=C(Cl)C1CCC(C(C2CCC(C(=O)Cl)CC2)(C(F)(F)F)C(F)(F)F)CC1. The van der Waals surface area contributed by atoms with E-state index in [-0.39, 0.29) is 51.4 Å². The van der Waals surface area contributed by atoms with Crippen molar-refractivity contribution in [2.24, 2.45) is 29.1 Å². The van der Waals surface area contributed by atoms with Gasteiger partial charge in [-0.15, -0.1) is 0 Å². The Hall–Kier alpha value is -0.500. The first-order valence-electron chi connectivity index (χ1n) is 8.84. The average molecular weight is 441 g/mol. The Balaban J connectivity index is 2.38. The minimum absolute atomic E-state index is 0.0869. The van der Waals surface area contributed by atoms with Crippen LogP contribution in [0.25, 0.3) is 0 Å². The highest BCUT2D eigenvalue weighted by molar-refractivity contribution is 6.64. The molecule has 2 aliphatic carbocycles. The molecular weight excluding hydrogens is 421 g/mol. The predicted molar refractivity (Wildman–Crippen MR) is 87.2 cm³/mol. The largest absolute Gasteiger partial charge is 0.403 e. The molecular formula is C17H20Cl2F6O2. The minimum Gasteiger partial charge on any atom is -0.281 e. The van der Waals surface area contributed by atoms with E-state index < -0.39 is 51.9 Å². The Morgan fingerprint density at radius 3 is 1.04 bits per heavy atom. The molecule has 0 aromatic rings. The number of rotatable bonds is 4. The van der Waals surface area contributed by atoms with Gasteiger partial charge in [0.15, 0.2) is 5.41 Å².